The van der Waals surface area contributed by atoms with Crippen LogP contribution in [0.5, 0.6) is 5.75 Å². The topological polar surface area (TPSA) is 51.5 Å². The number of amides is 1. The van der Waals surface area contributed by atoms with Gasteiger partial charge in [0.2, 0.25) is 0 Å². The normalized spacial score (nSPS) is 18.1. The zero-order valence-corrected chi connectivity index (χ0v) is 14.9. The molecule has 1 aliphatic rings. The second-order valence-corrected chi connectivity index (χ2v) is 6.80. The molecule has 1 aliphatic carbocycles. The molecule has 0 aliphatic heterocycles. The summed E-state index contributed by atoms with van der Waals surface area (Å²) in [4.78, 5) is 12.4. The Hall–Kier alpha value is -1.75. The lowest BCUT2D eigenvalue weighted by atomic mass is 9.93. The summed E-state index contributed by atoms with van der Waals surface area (Å²) >= 11 is 3.47. The minimum atomic E-state index is -0.564. The summed E-state index contributed by atoms with van der Waals surface area (Å²) in [5.74, 6) is 1.54. The molecule has 0 saturated carbocycles. The van der Waals surface area contributed by atoms with Crippen LogP contribution in [0.4, 0.5) is 0 Å². The molecule has 1 N–H and O–H groups in total. The number of nitrogens with one attached hydrogen (secondary N) is 1. The van der Waals surface area contributed by atoms with E-state index in [-0.39, 0.29) is 11.9 Å². The van der Waals surface area contributed by atoms with E-state index in [9.17, 15) is 4.79 Å². The van der Waals surface area contributed by atoms with E-state index in [0.29, 0.717) is 5.75 Å². The molecule has 1 aromatic carbocycles. The van der Waals surface area contributed by atoms with Crippen LogP contribution < -0.4 is 10.1 Å². The third kappa shape index (κ3) is 3.61. The number of halogens is 1. The Kier molecular flexibility index (Phi) is 4.76. The molecule has 4 nitrogen and oxygen atoms in total. The average molecular weight is 378 g/mol. The van der Waals surface area contributed by atoms with Crippen molar-refractivity contribution in [2.24, 2.45) is 0 Å². The van der Waals surface area contributed by atoms with Crippen LogP contribution in [0, 0.1) is 6.92 Å². The second kappa shape index (κ2) is 6.79. The van der Waals surface area contributed by atoms with E-state index in [0.717, 1.165) is 40.6 Å². The number of furan rings is 1. The predicted molar refractivity (Wildman–Crippen MR) is 91.5 cm³/mol. The molecule has 2 unspecified atom stereocenters. The van der Waals surface area contributed by atoms with Gasteiger partial charge in [0.05, 0.1) is 16.8 Å². The van der Waals surface area contributed by atoms with Crippen molar-refractivity contribution in [3.05, 3.63) is 51.9 Å². The van der Waals surface area contributed by atoms with Crippen LogP contribution in [0.3, 0.4) is 0 Å². The first-order valence-corrected chi connectivity index (χ1v) is 8.63. The molecule has 0 spiro atoms. The number of hydrogen-bond donors (Lipinski definition) is 1. The molecule has 2 atom stereocenters. The number of benzene rings is 1. The maximum atomic E-state index is 12.4. The summed E-state index contributed by atoms with van der Waals surface area (Å²) in [5.41, 5.74) is 2.23. The average Bonchev–Trinajstić information content (AvgIpc) is 2.99. The maximum absolute atomic E-state index is 12.4. The monoisotopic (exact) mass is 377 g/mol. The van der Waals surface area contributed by atoms with Crippen LogP contribution in [-0.4, -0.2) is 12.0 Å². The van der Waals surface area contributed by atoms with Crippen molar-refractivity contribution in [2.75, 3.05) is 0 Å². The van der Waals surface area contributed by atoms with Crippen LogP contribution in [0.15, 0.2) is 39.4 Å². The van der Waals surface area contributed by atoms with Crippen molar-refractivity contribution < 1.29 is 13.9 Å². The van der Waals surface area contributed by atoms with Gasteiger partial charge in [0, 0.05) is 12.0 Å². The molecule has 0 bridgehead atoms. The number of fused-ring (bicyclic) bond motifs is 1. The summed E-state index contributed by atoms with van der Waals surface area (Å²) < 4.78 is 12.1. The number of rotatable bonds is 4. The summed E-state index contributed by atoms with van der Waals surface area (Å²) in [6.45, 7) is 3.77. The van der Waals surface area contributed by atoms with Crippen LogP contribution in [0.2, 0.25) is 0 Å². The van der Waals surface area contributed by atoms with Crippen LogP contribution >= 0.6 is 15.9 Å². The fourth-order valence-electron chi connectivity index (χ4n) is 2.87. The van der Waals surface area contributed by atoms with Crippen molar-refractivity contribution in [2.45, 2.75) is 45.3 Å². The van der Waals surface area contributed by atoms with Crippen molar-refractivity contribution in [1.82, 2.24) is 5.32 Å². The first-order chi connectivity index (χ1) is 11.0. The van der Waals surface area contributed by atoms with Gasteiger partial charge in [-0.15, -0.1) is 0 Å². The Morgan fingerprint density at radius 2 is 2.26 bits per heavy atom. The van der Waals surface area contributed by atoms with E-state index in [2.05, 4.69) is 21.2 Å². The molecule has 5 heteroatoms. The molecule has 0 saturated heterocycles. The van der Waals surface area contributed by atoms with E-state index >= 15 is 0 Å². The predicted octanol–water partition coefficient (Wildman–Crippen LogP) is 4.31. The molecule has 1 amide bonds. The van der Waals surface area contributed by atoms with Gasteiger partial charge < -0.3 is 14.5 Å². The van der Waals surface area contributed by atoms with Crippen LogP contribution in [-0.2, 0) is 11.2 Å². The minimum absolute atomic E-state index is 0.0116. The number of carbonyl (C=O) groups excluding carboxylic acids is 1. The van der Waals surface area contributed by atoms with Crippen molar-refractivity contribution in [3.63, 3.8) is 0 Å². The van der Waals surface area contributed by atoms with E-state index in [1.54, 1.807) is 13.2 Å². The molecular weight excluding hydrogens is 358 g/mol. The first-order valence-electron chi connectivity index (χ1n) is 7.84. The summed E-state index contributed by atoms with van der Waals surface area (Å²) in [5, 5.41) is 3.07. The molecule has 1 aromatic heterocycles. The fourth-order valence-corrected chi connectivity index (χ4v) is 3.46. The van der Waals surface area contributed by atoms with Gasteiger partial charge in [0.1, 0.15) is 11.5 Å². The van der Waals surface area contributed by atoms with Crippen LogP contribution in [0.25, 0.3) is 0 Å². The summed E-state index contributed by atoms with van der Waals surface area (Å²) in [6, 6.07) is 7.76. The van der Waals surface area contributed by atoms with Gasteiger partial charge in [-0.25, -0.2) is 0 Å². The van der Waals surface area contributed by atoms with Crippen molar-refractivity contribution in [3.8, 4) is 5.75 Å². The number of aryl methyl sites for hydroxylation is 2. The van der Waals surface area contributed by atoms with Gasteiger partial charge >= 0.3 is 0 Å². The highest BCUT2D eigenvalue weighted by atomic mass is 79.9. The Balaban J connectivity index is 1.65. The largest absolute Gasteiger partial charge is 0.480 e. The van der Waals surface area contributed by atoms with Gasteiger partial charge in [-0.1, -0.05) is 6.07 Å². The first kappa shape index (κ1) is 16.1. The highest BCUT2D eigenvalue weighted by Crippen LogP contribution is 2.31. The number of carbonyl (C=O) groups is 1. The zero-order chi connectivity index (χ0) is 16.4. The zero-order valence-electron chi connectivity index (χ0n) is 13.3. The lowest BCUT2D eigenvalue weighted by molar-refractivity contribution is -0.128. The molecule has 3 rings (SSSR count). The Labute approximate surface area is 144 Å². The lowest BCUT2D eigenvalue weighted by Gasteiger charge is -2.24. The van der Waals surface area contributed by atoms with Crippen LogP contribution in [0.1, 0.15) is 42.7 Å². The maximum Gasteiger partial charge on any atom is 0.261 e. The molecule has 1 heterocycles. The van der Waals surface area contributed by atoms with Gasteiger partial charge in [0.15, 0.2) is 6.10 Å². The van der Waals surface area contributed by atoms with Gasteiger partial charge in [0.25, 0.3) is 5.91 Å². The standard InChI is InChI=1S/C18H20BrNO3/c1-11-6-7-17(14(19)10-11)23-12(2)18(21)20-15-4-3-5-16-13(15)8-9-22-16/h6-10,12,15H,3-5H2,1-2H3,(H,20,21). The van der Waals surface area contributed by atoms with Gasteiger partial charge in [-0.2, -0.15) is 0 Å². The molecule has 0 fully saturated rings. The summed E-state index contributed by atoms with van der Waals surface area (Å²) in [6.07, 6.45) is 4.02. The van der Waals surface area contributed by atoms with E-state index in [1.165, 1.54) is 0 Å². The SMILES string of the molecule is Cc1ccc(OC(C)C(=O)NC2CCCc3occc32)c(Br)c1. The van der Waals surface area contributed by atoms with E-state index in [1.807, 2.05) is 31.2 Å². The third-order valence-corrected chi connectivity index (χ3v) is 4.75. The van der Waals surface area contributed by atoms with Crippen molar-refractivity contribution in [1.29, 1.82) is 0 Å². The summed E-state index contributed by atoms with van der Waals surface area (Å²) in [7, 11) is 0. The number of ether oxygens (including phenoxy) is 1. The molecule has 23 heavy (non-hydrogen) atoms. The van der Waals surface area contributed by atoms with Crippen molar-refractivity contribution >= 4 is 21.8 Å². The number of hydrogen-bond acceptors (Lipinski definition) is 3. The third-order valence-electron chi connectivity index (χ3n) is 4.13. The van der Waals surface area contributed by atoms with Gasteiger partial charge in [-0.05, 0) is 66.4 Å². The molecular formula is C18H20BrNO3. The quantitative estimate of drug-likeness (QED) is 0.863. The Morgan fingerprint density at radius 1 is 1.43 bits per heavy atom. The molecule has 122 valence electrons. The smallest absolute Gasteiger partial charge is 0.261 e. The highest BCUT2D eigenvalue weighted by Gasteiger charge is 2.26. The Morgan fingerprint density at radius 3 is 3.04 bits per heavy atom. The van der Waals surface area contributed by atoms with Gasteiger partial charge in [-0.3, -0.25) is 4.79 Å². The molecule has 2 aromatic rings. The van der Waals surface area contributed by atoms with E-state index < -0.39 is 6.10 Å². The fraction of sp³-hybridized carbons (Fsp3) is 0.389. The Bertz CT molecular complexity index is 710. The minimum Gasteiger partial charge on any atom is -0.480 e. The van der Waals surface area contributed by atoms with E-state index in [4.69, 9.17) is 9.15 Å². The lowest BCUT2D eigenvalue weighted by Crippen LogP contribution is -2.39. The highest BCUT2D eigenvalue weighted by molar-refractivity contribution is 9.10. The second-order valence-electron chi connectivity index (χ2n) is 5.95. The molecule has 0 radical (unpaired) electrons.